The summed E-state index contributed by atoms with van der Waals surface area (Å²) in [4.78, 5) is 42.9. The molecule has 31 heavy (non-hydrogen) atoms. The number of nitrogens with zero attached hydrogens (tertiary/aromatic N) is 1. The third-order valence-corrected chi connectivity index (χ3v) is 7.70. The van der Waals surface area contributed by atoms with Crippen molar-refractivity contribution in [2.24, 2.45) is 11.8 Å². The van der Waals surface area contributed by atoms with E-state index in [1.165, 1.54) is 16.2 Å². The maximum Gasteiger partial charge on any atom is 0.327 e. The predicted molar refractivity (Wildman–Crippen MR) is 123 cm³/mol. The van der Waals surface area contributed by atoms with Crippen LogP contribution in [0, 0.1) is 18.8 Å². The van der Waals surface area contributed by atoms with Gasteiger partial charge in [0.25, 0.3) is 0 Å². The Balaban J connectivity index is 1.83. The molecule has 2 aromatic rings. The van der Waals surface area contributed by atoms with Crippen molar-refractivity contribution in [2.45, 2.75) is 31.8 Å². The van der Waals surface area contributed by atoms with Gasteiger partial charge in [0.05, 0.1) is 30.2 Å². The number of hydrogen-bond acceptors (Lipinski definition) is 7. The maximum atomic E-state index is 13.7. The number of anilines is 1. The smallest absolute Gasteiger partial charge is 0.327 e. The van der Waals surface area contributed by atoms with E-state index in [0.717, 1.165) is 10.4 Å². The summed E-state index contributed by atoms with van der Waals surface area (Å²) >= 11 is 3.12. The van der Waals surface area contributed by atoms with Crippen LogP contribution in [0.4, 0.5) is 5.69 Å². The van der Waals surface area contributed by atoms with E-state index in [-0.39, 0.29) is 18.4 Å². The highest BCUT2D eigenvalue weighted by molar-refractivity contribution is 7.98. The molecule has 6 nitrogen and oxygen atoms in total. The minimum absolute atomic E-state index is 0.215. The Hall–Kier alpha value is -2.16. The van der Waals surface area contributed by atoms with Crippen molar-refractivity contribution in [3.8, 4) is 0 Å². The molecule has 8 heteroatoms. The number of thioether (sulfide) groups is 1. The molecule has 2 fully saturated rings. The van der Waals surface area contributed by atoms with Gasteiger partial charge in [0.1, 0.15) is 5.54 Å². The summed E-state index contributed by atoms with van der Waals surface area (Å²) in [5, 5.41) is 5.37. The van der Waals surface area contributed by atoms with Crippen LogP contribution in [0.25, 0.3) is 0 Å². The second-order valence-corrected chi connectivity index (χ2v) is 9.89. The molecule has 164 valence electrons. The minimum atomic E-state index is -1.23. The molecule has 0 radical (unpaired) electrons. The van der Waals surface area contributed by atoms with Crippen molar-refractivity contribution in [1.29, 1.82) is 0 Å². The van der Waals surface area contributed by atoms with Crippen LogP contribution in [0.3, 0.4) is 0 Å². The Bertz CT molecular complexity index is 976. The summed E-state index contributed by atoms with van der Waals surface area (Å²) < 4.78 is 5.45. The molecule has 0 bridgehead atoms. The quantitative estimate of drug-likeness (QED) is 0.505. The Labute approximate surface area is 190 Å². The van der Waals surface area contributed by atoms with Gasteiger partial charge in [0.2, 0.25) is 11.8 Å². The third-order valence-electron chi connectivity index (χ3n) is 6.14. The zero-order chi connectivity index (χ0) is 22.2. The van der Waals surface area contributed by atoms with Gasteiger partial charge in [-0.15, -0.1) is 11.3 Å². The molecular weight excluding hydrogens is 432 g/mol. The molecule has 1 aromatic carbocycles. The Morgan fingerprint density at radius 3 is 2.58 bits per heavy atom. The monoisotopic (exact) mass is 458 g/mol. The number of aryl methyl sites for hydroxylation is 1. The number of benzene rings is 1. The Morgan fingerprint density at radius 2 is 1.97 bits per heavy atom. The number of hydrogen-bond donors (Lipinski definition) is 1. The predicted octanol–water partition coefficient (Wildman–Crippen LogP) is 3.56. The molecule has 0 unspecified atom stereocenters. The number of ether oxygens (including phenoxy) is 1. The van der Waals surface area contributed by atoms with Gasteiger partial charge in [-0.1, -0.05) is 23.8 Å². The van der Waals surface area contributed by atoms with E-state index in [1.807, 2.05) is 42.8 Å². The van der Waals surface area contributed by atoms with Crippen molar-refractivity contribution >= 4 is 46.6 Å². The van der Waals surface area contributed by atoms with Crippen molar-refractivity contribution in [3.63, 3.8) is 0 Å². The van der Waals surface area contributed by atoms with Gasteiger partial charge in [-0.05, 0) is 55.9 Å². The van der Waals surface area contributed by atoms with E-state index in [9.17, 15) is 14.4 Å². The lowest BCUT2D eigenvalue weighted by Gasteiger charge is -2.32. The number of amides is 2. The van der Waals surface area contributed by atoms with Crippen LogP contribution in [0.5, 0.6) is 0 Å². The van der Waals surface area contributed by atoms with Crippen molar-refractivity contribution in [3.05, 3.63) is 52.2 Å². The highest BCUT2D eigenvalue weighted by Gasteiger charge is 2.68. The largest absolute Gasteiger partial charge is 0.465 e. The molecule has 0 saturated carbocycles. The highest BCUT2D eigenvalue weighted by atomic mass is 32.2. The fourth-order valence-corrected chi connectivity index (χ4v) is 6.06. The zero-order valence-corrected chi connectivity index (χ0v) is 19.4. The van der Waals surface area contributed by atoms with Crippen LogP contribution in [-0.4, -0.2) is 41.9 Å². The number of fused-ring (bicyclic) bond motifs is 1. The highest BCUT2D eigenvalue weighted by Crippen LogP contribution is 2.52. The van der Waals surface area contributed by atoms with Gasteiger partial charge in [-0.25, -0.2) is 4.90 Å². The topological polar surface area (TPSA) is 75.7 Å². The molecule has 0 aliphatic carbocycles. The van der Waals surface area contributed by atoms with Gasteiger partial charge < -0.3 is 4.74 Å². The second kappa shape index (κ2) is 8.76. The van der Waals surface area contributed by atoms with E-state index >= 15 is 0 Å². The summed E-state index contributed by atoms with van der Waals surface area (Å²) in [5.41, 5.74) is 0.356. The summed E-state index contributed by atoms with van der Waals surface area (Å²) in [5.74, 6) is -1.85. The second-order valence-electron chi connectivity index (χ2n) is 7.92. The normalized spacial score (nSPS) is 27.6. The number of imide groups is 1. The first-order chi connectivity index (χ1) is 14.9. The van der Waals surface area contributed by atoms with E-state index < -0.39 is 29.4 Å². The van der Waals surface area contributed by atoms with Gasteiger partial charge in [0, 0.05) is 4.88 Å². The van der Waals surface area contributed by atoms with Crippen molar-refractivity contribution < 1.29 is 19.1 Å². The van der Waals surface area contributed by atoms with Crippen LogP contribution < -0.4 is 10.2 Å². The van der Waals surface area contributed by atoms with Crippen LogP contribution in [0.15, 0.2) is 41.8 Å². The van der Waals surface area contributed by atoms with Crippen molar-refractivity contribution in [1.82, 2.24) is 5.32 Å². The van der Waals surface area contributed by atoms with Crippen LogP contribution >= 0.6 is 23.1 Å². The lowest BCUT2D eigenvalue weighted by Crippen LogP contribution is -2.57. The number of carbonyl (C=O) groups excluding carboxylic acids is 3. The lowest BCUT2D eigenvalue weighted by atomic mass is 9.78. The minimum Gasteiger partial charge on any atom is -0.465 e. The van der Waals surface area contributed by atoms with E-state index in [4.69, 9.17) is 4.74 Å². The SMILES string of the molecule is CCOC(=O)[C@@]1(CCSC)N[C@@H](c2cccs2)[C@H]2C(=O)N(c3ccc(C)cc3)C(=O)[C@H]21. The van der Waals surface area contributed by atoms with Gasteiger partial charge in [-0.3, -0.25) is 19.7 Å². The van der Waals surface area contributed by atoms with Gasteiger partial charge in [0.15, 0.2) is 0 Å². The number of nitrogens with one attached hydrogen (secondary N) is 1. The number of thiophene rings is 1. The van der Waals surface area contributed by atoms with Gasteiger partial charge >= 0.3 is 5.97 Å². The molecule has 0 spiro atoms. The number of rotatable bonds is 7. The fourth-order valence-electron chi connectivity index (χ4n) is 4.71. The van der Waals surface area contributed by atoms with Crippen LogP contribution in [-0.2, 0) is 19.1 Å². The summed E-state index contributed by atoms with van der Waals surface area (Å²) in [7, 11) is 0. The number of carbonyl (C=O) groups is 3. The molecule has 4 rings (SSSR count). The molecule has 2 saturated heterocycles. The first kappa shape index (κ1) is 22.0. The Morgan fingerprint density at radius 1 is 1.23 bits per heavy atom. The standard InChI is InChI=1S/C23H26N2O4S2/c1-4-29-22(28)23(11-13-30-3)18-17(19(24-23)16-6-5-12-31-16)20(26)25(21(18)27)15-9-7-14(2)8-10-15/h5-10,12,17-19,24H,4,11,13H2,1-3H3/t17-,18-,19-,23-/m0/s1. The van der Waals surface area contributed by atoms with E-state index in [2.05, 4.69) is 5.32 Å². The molecule has 1 N–H and O–H groups in total. The van der Waals surface area contributed by atoms with Crippen LogP contribution in [0.2, 0.25) is 0 Å². The van der Waals surface area contributed by atoms with E-state index in [0.29, 0.717) is 17.9 Å². The first-order valence-electron chi connectivity index (χ1n) is 10.4. The molecule has 2 aliphatic rings. The summed E-state index contributed by atoms with van der Waals surface area (Å²) in [6.07, 6.45) is 2.37. The molecule has 2 aliphatic heterocycles. The molecule has 3 heterocycles. The summed E-state index contributed by atoms with van der Waals surface area (Å²) in [6, 6.07) is 10.8. The van der Waals surface area contributed by atoms with Crippen LogP contribution in [0.1, 0.15) is 29.8 Å². The molecule has 4 atom stereocenters. The van der Waals surface area contributed by atoms with E-state index in [1.54, 1.807) is 30.8 Å². The maximum absolute atomic E-state index is 13.7. The lowest BCUT2D eigenvalue weighted by molar-refractivity contribution is -0.154. The average Bonchev–Trinajstić information content (AvgIpc) is 3.45. The van der Waals surface area contributed by atoms with Crippen molar-refractivity contribution in [2.75, 3.05) is 23.5 Å². The number of esters is 1. The average molecular weight is 459 g/mol. The third kappa shape index (κ3) is 3.60. The molecule has 1 aromatic heterocycles. The molecular formula is C23H26N2O4S2. The first-order valence-corrected chi connectivity index (χ1v) is 12.6. The zero-order valence-electron chi connectivity index (χ0n) is 17.8. The Kier molecular flexibility index (Phi) is 6.23. The fraction of sp³-hybridized carbons (Fsp3) is 0.435. The summed E-state index contributed by atoms with van der Waals surface area (Å²) in [6.45, 7) is 3.92. The molecule has 2 amide bonds. The van der Waals surface area contributed by atoms with Gasteiger partial charge in [-0.2, -0.15) is 11.8 Å².